The minimum absolute atomic E-state index is 0.0691. The number of hydrogen-bond acceptors (Lipinski definition) is 4. The van der Waals surface area contributed by atoms with Crippen molar-refractivity contribution in [3.8, 4) is 0 Å². The molecule has 8 heteroatoms. The number of carbonyl (C=O) groups excluding carboxylic acids is 2. The van der Waals surface area contributed by atoms with Crippen molar-refractivity contribution in [2.75, 3.05) is 0 Å². The van der Waals surface area contributed by atoms with E-state index >= 15 is 0 Å². The molecule has 1 saturated heterocycles. The van der Waals surface area contributed by atoms with Crippen LogP contribution in [-0.2, 0) is 16.9 Å². The fourth-order valence-corrected chi connectivity index (χ4v) is 2.62. The number of carbonyl (C=O) groups is 2. The molecule has 0 radical (unpaired) electrons. The zero-order valence-electron chi connectivity index (χ0n) is 11.5. The highest BCUT2D eigenvalue weighted by molar-refractivity contribution is 6.32. The van der Waals surface area contributed by atoms with Gasteiger partial charge in [0, 0.05) is 0 Å². The fraction of sp³-hybridized carbons (Fsp3) is 0.214. The summed E-state index contributed by atoms with van der Waals surface area (Å²) in [5.41, 5.74) is -0.896. The van der Waals surface area contributed by atoms with Crippen LogP contribution in [0.15, 0.2) is 34.9 Å². The van der Waals surface area contributed by atoms with Crippen molar-refractivity contribution >= 4 is 35.1 Å². The molecule has 6 nitrogen and oxygen atoms in total. The van der Waals surface area contributed by atoms with Gasteiger partial charge in [-0.3, -0.25) is 9.69 Å². The molecule has 2 aromatic rings. The maximum atomic E-state index is 12.6. The van der Waals surface area contributed by atoms with Crippen LogP contribution < -0.4 is 5.32 Å². The van der Waals surface area contributed by atoms with E-state index in [0.717, 1.165) is 4.90 Å². The Balaban J connectivity index is 1.91. The van der Waals surface area contributed by atoms with Gasteiger partial charge in [0.2, 0.25) is 0 Å². The molecule has 1 aliphatic rings. The van der Waals surface area contributed by atoms with E-state index in [1.54, 1.807) is 25.1 Å². The number of aromatic nitrogens is 1. The molecule has 0 aliphatic carbocycles. The van der Waals surface area contributed by atoms with Gasteiger partial charge in [-0.05, 0) is 31.2 Å². The van der Waals surface area contributed by atoms with Crippen LogP contribution in [0.3, 0.4) is 0 Å². The monoisotopic (exact) mass is 339 g/mol. The molecule has 1 atom stereocenters. The molecule has 22 heavy (non-hydrogen) atoms. The van der Waals surface area contributed by atoms with Gasteiger partial charge in [-0.1, -0.05) is 23.2 Å². The van der Waals surface area contributed by atoms with E-state index in [1.165, 1.54) is 12.3 Å². The lowest BCUT2D eigenvalue weighted by molar-refractivity contribution is -0.132. The van der Waals surface area contributed by atoms with E-state index < -0.39 is 17.5 Å². The van der Waals surface area contributed by atoms with Crippen molar-refractivity contribution < 1.29 is 14.0 Å². The lowest BCUT2D eigenvalue weighted by atomic mass is 9.99. The zero-order chi connectivity index (χ0) is 15.9. The van der Waals surface area contributed by atoms with Crippen molar-refractivity contribution in [3.05, 3.63) is 52.2 Å². The molecule has 1 fully saturated rings. The van der Waals surface area contributed by atoms with E-state index in [2.05, 4.69) is 10.3 Å². The summed E-state index contributed by atoms with van der Waals surface area (Å²) < 4.78 is 5.26. The minimum Gasteiger partial charge on any atom is -0.466 e. The average Bonchev–Trinajstić information content (AvgIpc) is 3.07. The van der Waals surface area contributed by atoms with Crippen LogP contribution in [-0.4, -0.2) is 21.8 Å². The van der Waals surface area contributed by atoms with E-state index in [9.17, 15) is 9.59 Å². The lowest BCUT2D eigenvalue weighted by Crippen LogP contribution is -2.40. The summed E-state index contributed by atoms with van der Waals surface area (Å²) in [5.74, 6) is -0.0798. The van der Waals surface area contributed by atoms with Crippen molar-refractivity contribution in [2.45, 2.75) is 19.0 Å². The normalized spacial score (nSPS) is 21.3. The smallest absolute Gasteiger partial charge is 0.325 e. The third-order valence-corrected chi connectivity index (χ3v) is 4.04. The Labute approximate surface area is 136 Å². The maximum Gasteiger partial charge on any atom is 0.325 e. The quantitative estimate of drug-likeness (QED) is 0.689. The van der Waals surface area contributed by atoms with Gasteiger partial charge in [-0.2, -0.15) is 0 Å². The minimum atomic E-state index is -1.24. The van der Waals surface area contributed by atoms with Crippen LogP contribution >= 0.6 is 23.2 Å². The highest BCUT2D eigenvalue weighted by atomic mass is 35.5. The Kier molecular flexibility index (Phi) is 3.58. The predicted molar refractivity (Wildman–Crippen MR) is 79.4 cm³/mol. The maximum absolute atomic E-state index is 12.6. The summed E-state index contributed by atoms with van der Waals surface area (Å²) in [6.45, 7) is 1.51. The van der Waals surface area contributed by atoms with E-state index in [0.29, 0.717) is 16.5 Å². The predicted octanol–water partition coefficient (Wildman–Crippen LogP) is 2.95. The van der Waals surface area contributed by atoms with Gasteiger partial charge in [0.25, 0.3) is 5.91 Å². The largest absolute Gasteiger partial charge is 0.466 e. The molecular weight excluding hydrogens is 329 g/mol. The Morgan fingerprint density at radius 3 is 2.77 bits per heavy atom. The first-order valence-electron chi connectivity index (χ1n) is 6.41. The summed E-state index contributed by atoms with van der Waals surface area (Å²) in [7, 11) is 0. The molecule has 1 aliphatic heterocycles. The van der Waals surface area contributed by atoms with Crippen LogP contribution in [0.1, 0.15) is 18.4 Å². The van der Waals surface area contributed by atoms with Crippen LogP contribution in [0.4, 0.5) is 4.79 Å². The van der Waals surface area contributed by atoms with Gasteiger partial charge in [0.1, 0.15) is 10.9 Å². The third kappa shape index (κ3) is 2.34. The van der Waals surface area contributed by atoms with Crippen LogP contribution in [0.2, 0.25) is 10.2 Å². The number of halogens is 2. The van der Waals surface area contributed by atoms with Crippen molar-refractivity contribution in [2.24, 2.45) is 0 Å². The molecule has 114 valence electrons. The van der Waals surface area contributed by atoms with E-state index in [4.69, 9.17) is 27.6 Å². The van der Waals surface area contributed by atoms with Gasteiger partial charge >= 0.3 is 6.03 Å². The second-order valence-electron chi connectivity index (χ2n) is 4.99. The third-order valence-electron chi connectivity index (χ3n) is 3.48. The second kappa shape index (κ2) is 5.30. The number of furan rings is 1. The van der Waals surface area contributed by atoms with Crippen molar-refractivity contribution in [1.82, 2.24) is 15.2 Å². The number of imide groups is 1. The number of urea groups is 1. The van der Waals surface area contributed by atoms with Crippen LogP contribution in [0, 0.1) is 0 Å². The molecule has 0 saturated carbocycles. The molecule has 1 N–H and O–H groups in total. The van der Waals surface area contributed by atoms with Crippen LogP contribution in [0.25, 0.3) is 0 Å². The Hall–Kier alpha value is -2.05. The van der Waals surface area contributed by atoms with Gasteiger partial charge in [-0.25, -0.2) is 9.78 Å². The summed E-state index contributed by atoms with van der Waals surface area (Å²) in [6, 6.07) is 5.84. The number of rotatable bonds is 3. The topological polar surface area (TPSA) is 75.4 Å². The summed E-state index contributed by atoms with van der Waals surface area (Å²) in [6.07, 6.45) is 1.44. The first kappa shape index (κ1) is 14.9. The molecule has 3 amide bonds. The molecule has 0 spiro atoms. The average molecular weight is 340 g/mol. The van der Waals surface area contributed by atoms with Gasteiger partial charge in [0.15, 0.2) is 5.54 Å². The first-order valence-corrected chi connectivity index (χ1v) is 7.16. The molecule has 0 bridgehead atoms. The highest BCUT2D eigenvalue weighted by Crippen LogP contribution is 2.30. The zero-order valence-corrected chi connectivity index (χ0v) is 13.0. The SMILES string of the molecule is C[C@@]1(c2ccco2)NC(=O)N(Cc2nc(Cl)ccc2Cl)C1=O. The molecule has 3 heterocycles. The Morgan fingerprint density at radius 2 is 2.09 bits per heavy atom. The fourth-order valence-electron chi connectivity index (χ4n) is 2.29. The number of pyridine rings is 1. The molecular formula is C14H11Cl2N3O3. The summed E-state index contributed by atoms with van der Waals surface area (Å²) >= 11 is 11.9. The Morgan fingerprint density at radius 1 is 1.32 bits per heavy atom. The molecule has 0 aromatic carbocycles. The van der Waals surface area contributed by atoms with Crippen molar-refractivity contribution in [3.63, 3.8) is 0 Å². The van der Waals surface area contributed by atoms with E-state index in [-0.39, 0.29) is 11.7 Å². The van der Waals surface area contributed by atoms with Crippen molar-refractivity contribution in [1.29, 1.82) is 0 Å². The van der Waals surface area contributed by atoms with Gasteiger partial charge in [-0.15, -0.1) is 0 Å². The number of nitrogens with zero attached hydrogens (tertiary/aromatic N) is 2. The van der Waals surface area contributed by atoms with Gasteiger partial charge < -0.3 is 9.73 Å². The highest BCUT2D eigenvalue weighted by Gasteiger charge is 2.51. The van der Waals surface area contributed by atoms with Crippen LogP contribution in [0.5, 0.6) is 0 Å². The molecule has 2 aromatic heterocycles. The number of hydrogen-bond donors (Lipinski definition) is 1. The number of amides is 3. The van der Waals surface area contributed by atoms with Gasteiger partial charge in [0.05, 0.1) is 23.5 Å². The molecule has 0 unspecified atom stereocenters. The summed E-state index contributed by atoms with van der Waals surface area (Å²) in [5, 5.41) is 3.19. The standard InChI is InChI=1S/C14H11Cl2N3O3/c1-14(10-3-2-6-22-10)12(20)19(13(21)18-14)7-9-8(15)4-5-11(16)17-9/h2-6H,7H2,1H3,(H,18,21)/t14-/m0/s1. The summed E-state index contributed by atoms with van der Waals surface area (Å²) in [4.78, 5) is 29.8. The lowest BCUT2D eigenvalue weighted by Gasteiger charge is -2.19. The first-order chi connectivity index (χ1) is 10.4. The second-order valence-corrected chi connectivity index (χ2v) is 5.78. The molecule has 3 rings (SSSR count). The van der Waals surface area contributed by atoms with E-state index in [1.807, 2.05) is 0 Å². The Bertz CT molecular complexity index is 748. The number of nitrogens with one attached hydrogen (secondary N) is 1.